The van der Waals surface area contributed by atoms with Crippen LogP contribution in [-0.4, -0.2) is 4.98 Å². The molecule has 3 heteroatoms. The van der Waals surface area contributed by atoms with Crippen LogP contribution in [0.25, 0.3) is 22.6 Å². The number of nitrogens with zero attached hydrogens (tertiary/aromatic N) is 2. The minimum atomic E-state index is 0.591. The first-order valence-corrected chi connectivity index (χ1v) is 6.76. The van der Waals surface area contributed by atoms with Crippen LogP contribution in [0, 0.1) is 11.3 Å². The summed E-state index contributed by atoms with van der Waals surface area (Å²) in [5.41, 5.74) is 2.22. The summed E-state index contributed by atoms with van der Waals surface area (Å²) in [4.78, 5) is 5.60. The minimum Gasteiger partial charge on any atom is -0.247 e. The van der Waals surface area contributed by atoms with Crippen LogP contribution in [-0.2, 0) is 0 Å². The third-order valence-electron chi connectivity index (χ3n) is 2.82. The molecule has 3 rings (SSSR count). The highest BCUT2D eigenvalue weighted by Gasteiger charge is 2.04. The van der Waals surface area contributed by atoms with Gasteiger partial charge in [-0.05, 0) is 29.7 Å². The number of hydrogen-bond donors (Lipinski definition) is 0. The van der Waals surface area contributed by atoms with Gasteiger partial charge >= 0.3 is 0 Å². The Morgan fingerprint density at radius 3 is 2.79 bits per heavy atom. The maximum absolute atomic E-state index is 9.30. The topological polar surface area (TPSA) is 36.7 Å². The van der Waals surface area contributed by atoms with E-state index in [1.807, 2.05) is 60.0 Å². The summed E-state index contributed by atoms with van der Waals surface area (Å²) in [5, 5.41) is 12.4. The van der Waals surface area contributed by atoms with Crippen LogP contribution >= 0.6 is 11.3 Å². The third-order valence-corrected chi connectivity index (χ3v) is 3.64. The molecule has 0 fully saturated rings. The van der Waals surface area contributed by atoms with Crippen LogP contribution in [0.15, 0.2) is 53.9 Å². The fourth-order valence-electron chi connectivity index (χ4n) is 1.90. The molecule has 0 unspecified atom stereocenters. The van der Waals surface area contributed by atoms with E-state index in [4.69, 9.17) is 0 Å². The van der Waals surface area contributed by atoms with E-state index < -0.39 is 0 Å². The van der Waals surface area contributed by atoms with Crippen LogP contribution in [0.3, 0.4) is 0 Å². The smallest absolute Gasteiger partial charge is 0.101 e. The van der Waals surface area contributed by atoms with Crippen molar-refractivity contribution in [3.8, 4) is 6.07 Å². The number of pyridine rings is 1. The third kappa shape index (κ3) is 2.40. The maximum Gasteiger partial charge on any atom is 0.101 e. The van der Waals surface area contributed by atoms with Crippen LogP contribution in [0.2, 0.25) is 0 Å². The lowest BCUT2D eigenvalue weighted by atomic mass is 10.1. The molecule has 0 saturated carbocycles. The molecule has 0 aliphatic heterocycles. The zero-order chi connectivity index (χ0) is 13.1. The molecule has 2 heterocycles. The van der Waals surface area contributed by atoms with Crippen molar-refractivity contribution in [1.29, 1.82) is 5.26 Å². The Balaban J connectivity index is 2.10. The van der Waals surface area contributed by atoms with Crippen LogP contribution < -0.4 is 0 Å². The zero-order valence-corrected chi connectivity index (χ0v) is 10.9. The molecule has 2 nitrogen and oxygen atoms in total. The Kier molecular flexibility index (Phi) is 3.09. The first-order valence-electron chi connectivity index (χ1n) is 5.88. The van der Waals surface area contributed by atoms with E-state index in [0.717, 1.165) is 21.5 Å². The molecule has 0 saturated heterocycles. The second kappa shape index (κ2) is 5.05. The number of hydrogen-bond acceptors (Lipinski definition) is 3. The Labute approximate surface area is 115 Å². The fraction of sp³-hybridized carbons (Fsp3) is 0. The Morgan fingerprint density at radius 2 is 2.00 bits per heavy atom. The summed E-state index contributed by atoms with van der Waals surface area (Å²) in [7, 11) is 0. The molecule has 3 aromatic rings. The summed E-state index contributed by atoms with van der Waals surface area (Å²) in [5.74, 6) is 0. The highest BCUT2D eigenvalue weighted by Crippen LogP contribution is 2.21. The molecule has 90 valence electrons. The van der Waals surface area contributed by atoms with E-state index in [9.17, 15) is 5.26 Å². The van der Waals surface area contributed by atoms with Crippen molar-refractivity contribution in [1.82, 2.24) is 4.98 Å². The summed E-state index contributed by atoms with van der Waals surface area (Å²) in [6.07, 6.45) is 1.88. The molecule has 0 atom stereocenters. The van der Waals surface area contributed by atoms with Gasteiger partial charge < -0.3 is 0 Å². The molecule has 19 heavy (non-hydrogen) atoms. The lowest BCUT2D eigenvalue weighted by Gasteiger charge is -2.01. The van der Waals surface area contributed by atoms with Gasteiger partial charge in [0.25, 0.3) is 0 Å². The number of aromatic nitrogens is 1. The molecule has 1 aromatic carbocycles. The second-order valence-electron chi connectivity index (χ2n) is 4.07. The molecule has 0 N–H and O–H groups in total. The average molecular weight is 262 g/mol. The van der Waals surface area contributed by atoms with E-state index in [2.05, 4.69) is 11.1 Å². The van der Waals surface area contributed by atoms with E-state index in [1.54, 1.807) is 11.3 Å². The molecule has 0 aliphatic carbocycles. The molecule has 0 spiro atoms. The number of rotatable bonds is 2. The van der Waals surface area contributed by atoms with Crippen LogP contribution in [0.1, 0.15) is 10.6 Å². The number of allylic oxidation sites excluding steroid dienone is 1. The van der Waals surface area contributed by atoms with Gasteiger partial charge in [-0.1, -0.05) is 30.3 Å². The van der Waals surface area contributed by atoms with Gasteiger partial charge in [0.1, 0.15) is 6.07 Å². The number of nitriles is 1. The van der Waals surface area contributed by atoms with E-state index in [1.165, 1.54) is 0 Å². The molecule has 0 amide bonds. The Bertz CT molecular complexity index is 780. The molecular formula is C16H10N2S. The predicted octanol–water partition coefficient (Wildman–Crippen LogP) is 4.36. The van der Waals surface area contributed by atoms with Crippen molar-refractivity contribution < 1.29 is 0 Å². The lowest BCUT2D eigenvalue weighted by Crippen LogP contribution is -1.88. The molecule has 0 bridgehead atoms. The first-order chi connectivity index (χ1) is 9.36. The summed E-state index contributed by atoms with van der Waals surface area (Å²) in [6, 6.07) is 18.0. The number of fused-ring (bicyclic) bond motifs is 1. The normalized spacial score (nSPS) is 11.4. The molecule has 0 aliphatic rings. The van der Waals surface area contributed by atoms with Crippen molar-refractivity contribution in [3.05, 3.63) is 64.5 Å². The van der Waals surface area contributed by atoms with Gasteiger partial charge in [0.15, 0.2) is 0 Å². The van der Waals surface area contributed by atoms with Crippen molar-refractivity contribution in [3.63, 3.8) is 0 Å². The largest absolute Gasteiger partial charge is 0.247 e. The first kappa shape index (κ1) is 11.6. The summed E-state index contributed by atoms with van der Waals surface area (Å²) < 4.78 is 0. The molecular weight excluding hydrogens is 252 g/mol. The summed E-state index contributed by atoms with van der Waals surface area (Å²) >= 11 is 1.61. The highest BCUT2D eigenvalue weighted by molar-refractivity contribution is 7.10. The number of thiophene rings is 1. The fourth-order valence-corrected chi connectivity index (χ4v) is 2.55. The molecule has 2 aromatic heterocycles. The van der Waals surface area contributed by atoms with Crippen molar-refractivity contribution in [2.75, 3.05) is 0 Å². The van der Waals surface area contributed by atoms with E-state index >= 15 is 0 Å². The van der Waals surface area contributed by atoms with E-state index in [-0.39, 0.29) is 0 Å². The van der Waals surface area contributed by atoms with Crippen LogP contribution in [0.4, 0.5) is 0 Å². The SMILES string of the molecule is N#C/C(=C/c1cccs1)c1ccc2ccccc2n1. The van der Waals surface area contributed by atoms with Gasteiger partial charge in [-0.15, -0.1) is 11.3 Å². The van der Waals surface area contributed by atoms with Gasteiger partial charge in [0, 0.05) is 10.3 Å². The maximum atomic E-state index is 9.30. The predicted molar refractivity (Wildman–Crippen MR) is 79.5 cm³/mol. The highest BCUT2D eigenvalue weighted by atomic mass is 32.1. The minimum absolute atomic E-state index is 0.591. The van der Waals surface area contributed by atoms with E-state index in [0.29, 0.717) is 5.57 Å². The zero-order valence-electron chi connectivity index (χ0n) is 10.1. The number of para-hydroxylation sites is 1. The standard InChI is InChI=1S/C16H10N2S/c17-11-13(10-14-5-3-9-19-14)16-8-7-12-4-1-2-6-15(12)18-16/h1-10H/b13-10-. The lowest BCUT2D eigenvalue weighted by molar-refractivity contribution is 1.35. The van der Waals surface area contributed by atoms with Gasteiger partial charge in [-0.25, -0.2) is 4.98 Å². The monoisotopic (exact) mass is 262 g/mol. The Morgan fingerprint density at radius 1 is 1.11 bits per heavy atom. The second-order valence-corrected chi connectivity index (χ2v) is 5.05. The quantitative estimate of drug-likeness (QED) is 0.643. The van der Waals surface area contributed by atoms with Gasteiger partial charge in [0.05, 0.1) is 16.8 Å². The Hall–Kier alpha value is -2.44. The summed E-state index contributed by atoms with van der Waals surface area (Å²) in [6.45, 7) is 0. The van der Waals surface area contributed by atoms with Crippen molar-refractivity contribution >= 4 is 33.9 Å². The van der Waals surface area contributed by atoms with Crippen LogP contribution in [0.5, 0.6) is 0 Å². The van der Waals surface area contributed by atoms with Crippen molar-refractivity contribution in [2.24, 2.45) is 0 Å². The van der Waals surface area contributed by atoms with Crippen molar-refractivity contribution in [2.45, 2.75) is 0 Å². The number of benzene rings is 1. The van der Waals surface area contributed by atoms with Gasteiger partial charge in [-0.2, -0.15) is 5.26 Å². The van der Waals surface area contributed by atoms with Gasteiger partial charge in [0.2, 0.25) is 0 Å². The van der Waals surface area contributed by atoms with Gasteiger partial charge in [-0.3, -0.25) is 0 Å². The average Bonchev–Trinajstić information content (AvgIpc) is 2.97. The molecule has 0 radical (unpaired) electrons.